The lowest BCUT2D eigenvalue weighted by Crippen LogP contribution is -2.12. The number of aromatic nitrogens is 2. The highest BCUT2D eigenvalue weighted by Gasteiger charge is 2.09. The zero-order chi connectivity index (χ0) is 19.4. The van der Waals surface area contributed by atoms with E-state index in [-0.39, 0.29) is 5.91 Å². The van der Waals surface area contributed by atoms with Crippen LogP contribution in [-0.2, 0) is 5.75 Å². The first-order valence-electron chi connectivity index (χ1n) is 8.10. The van der Waals surface area contributed by atoms with Crippen LogP contribution in [0, 0.1) is 6.92 Å². The molecule has 1 amide bonds. The zero-order valence-electron chi connectivity index (χ0n) is 14.6. The number of hydrogen-bond donors (Lipinski definition) is 3. The van der Waals surface area contributed by atoms with Crippen molar-refractivity contribution in [3.8, 4) is 0 Å². The van der Waals surface area contributed by atoms with E-state index in [2.05, 4.69) is 15.3 Å². The normalized spacial score (nSPS) is 10.6. The number of halogens is 1. The van der Waals surface area contributed by atoms with Crippen LogP contribution in [0.3, 0.4) is 0 Å². The molecule has 0 fully saturated rings. The average Bonchev–Trinajstić information content (AvgIpc) is 2.62. The highest BCUT2D eigenvalue weighted by Crippen LogP contribution is 2.23. The van der Waals surface area contributed by atoms with Gasteiger partial charge in [-0.3, -0.25) is 4.79 Å². The molecule has 3 rings (SSSR count). The van der Waals surface area contributed by atoms with Gasteiger partial charge in [0.1, 0.15) is 11.6 Å². The van der Waals surface area contributed by atoms with Crippen molar-refractivity contribution in [2.45, 2.75) is 17.8 Å². The summed E-state index contributed by atoms with van der Waals surface area (Å²) in [6, 6.07) is 14.2. The number of anilines is 3. The van der Waals surface area contributed by atoms with Crippen LogP contribution in [0.15, 0.2) is 53.7 Å². The second kappa shape index (κ2) is 8.28. The lowest BCUT2D eigenvalue weighted by atomic mass is 10.1. The van der Waals surface area contributed by atoms with Gasteiger partial charge in [-0.15, -0.1) is 0 Å². The van der Waals surface area contributed by atoms with Crippen molar-refractivity contribution in [3.05, 3.63) is 70.2 Å². The minimum atomic E-state index is -0.188. The first-order valence-corrected chi connectivity index (χ1v) is 9.46. The molecular formula is C19H18ClN5OS. The quantitative estimate of drug-likeness (QED) is 0.439. The van der Waals surface area contributed by atoms with Crippen LogP contribution in [0.2, 0.25) is 5.02 Å². The third-order valence-corrected chi connectivity index (χ3v) is 4.93. The third kappa shape index (κ3) is 5.12. The molecule has 0 aliphatic carbocycles. The summed E-state index contributed by atoms with van der Waals surface area (Å²) in [6.07, 6.45) is 0. The number of rotatable bonds is 5. The van der Waals surface area contributed by atoms with Gasteiger partial charge in [-0.1, -0.05) is 41.6 Å². The Kier molecular flexibility index (Phi) is 5.83. The SMILES string of the molecule is Cc1ccc(Cl)cc1NC(=O)c1ccc(CSc2nc(N)cc(N)n2)cc1. The summed E-state index contributed by atoms with van der Waals surface area (Å²) in [5.74, 6) is 1.13. The van der Waals surface area contributed by atoms with Gasteiger partial charge in [-0.25, -0.2) is 9.97 Å². The van der Waals surface area contributed by atoms with E-state index >= 15 is 0 Å². The van der Waals surface area contributed by atoms with Crippen LogP contribution in [0.4, 0.5) is 17.3 Å². The van der Waals surface area contributed by atoms with Gasteiger partial charge in [-0.2, -0.15) is 0 Å². The van der Waals surface area contributed by atoms with Crippen LogP contribution in [0.1, 0.15) is 21.5 Å². The number of carbonyl (C=O) groups excluding carboxylic acids is 1. The Morgan fingerprint density at radius 3 is 2.41 bits per heavy atom. The highest BCUT2D eigenvalue weighted by molar-refractivity contribution is 7.98. The van der Waals surface area contributed by atoms with Gasteiger partial charge in [-0.05, 0) is 42.3 Å². The van der Waals surface area contributed by atoms with Crippen LogP contribution < -0.4 is 16.8 Å². The molecule has 0 aliphatic rings. The van der Waals surface area contributed by atoms with Crippen LogP contribution in [0.5, 0.6) is 0 Å². The minimum absolute atomic E-state index is 0.188. The van der Waals surface area contributed by atoms with Crippen molar-refractivity contribution in [2.24, 2.45) is 0 Å². The van der Waals surface area contributed by atoms with Crippen molar-refractivity contribution >= 4 is 46.6 Å². The Labute approximate surface area is 166 Å². The summed E-state index contributed by atoms with van der Waals surface area (Å²) < 4.78 is 0. The topological polar surface area (TPSA) is 107 Å². The van der Waals surface area contributed by atoms with E-state index in [1.54, 1.807) is 24.3 Å². The zero-order valence-corrected chi connectivity index (χ0v) is 16.1. The third-order valence-electron chi connectivity index (χ3n) is 3.78. The number of carbonyl (C=O) groups is 1. The Morgan fingerprint density at radius 1 is 1.07 bits per heavy atom. The number of amides is 1. The molecule has 0 saturated carbocycles. The van der Waals surface area contributed by atoms with Crippen LogP contribution >= 0.6 is 23.4 Å². The number of nitrogens with zero attached hydrogens (tertiary/aromatic N) is 2. The fraction of sp³-hybridized carbons (Fsp3) is 0.105. The second-order valence-electron chi connectivity index (χ2n) is 5.90. The number of nitrogens with two attached hydrogens (primary N) is 2. The molecule has 0 radical (unpaired) electrons. The van der Waals surface area contributed by atoms with Crippen molar-refractivity contribution in [2.75, 3.05) is 16.8 Å². The molecular weight excluding hydrogens is 382 g/mol. The first kappa shape index (κ1) is 19.0. The molecule has 0 bridgehead atoms. The summed E-state index contributed by atoms with van der Waals surface area (Å²) in [6.45, 7) is 1.91. The van der Waals surface area contributed by atoms with E-state index in [0.29, 0.717) is 38.8 Å². The number of benzene rings is 2. The highest BCUT2D eigenvalue weighted by atomic mass is 35.5. The smallest absolute Gasteiger partial charge is 0.255 e. The van der Waals surface area contributed by atoms with E-state index in [1.807, 2.05) is 25.1 Å². The first-order chi connectivity index (χ1) is 12.9. The number of aryl methyl sites for hydroxylation is 1. The maximum absolute atomic E-state index is 12.4. The Bertz CT molecular complexity index is 958. The lowest BCUT2D eigenvalue weighted by Gasteiger charge is -2.09. The number of nitrogens with one attached hydrogen (secondary N) is 1. The maximum Gasteiger partial charge on any atom is 0.255 e. The molecule has 0 atom stereocenters. The molecule has 8 heteroatoms. The summed E-state index contributed by atoms with van der Waals surface area (Å²) in [4.78, 5) is 20.7. The predicted molar refractivity (Wildman–Crippen MR) is 111 cm³/mol. The van der Waals surface area contributed by atoms with Gasteiger partial charge in [0.15, 0.2) is 5.16 Å². The molecule has 0 aliphatic heterocycles. The van der Waals surface area contributed by atoms with E-state index in [9.17, 15) is 4.79 Å². The number of nitrogen functional groups attached to an aromatic ring is 2. The number of thioether (sulfide) groups is 1. The molecule has 2 aromatic carbocycles. The molecule has 0 unspecified atom stereocenters. The molecule has 1 heterocycles. The van der Waals surface area contributed by atoms with Gasteiger partial charge in [0, 0.05) is 28.1 Å². The average molecular weight is 400 g/mol. The van der Waals surface area contributed by atoms with Crippen molar-refractivity contribution in [1.82, 2.24) is 9.97 Å². The van der Waals surface area contributed by atoms with Gasteiger partial charge in [0.05, 0.1) is 0 Å². The molecule has 27 heavy (non-hydrogen) atoms. The van der Waals surface area contributed by atoms with Gasteiger partial charge >= 0.3 is 0 Å². The fourth-order valence-electron chi connectivity index (χ4n) is 2.35. The summed E-state index contributed by atoms with van der Waals surface area (Å²) in [7, 11) is 0. The van der Waals surface area contributed by atoms with Crippen molar-refractivity contribution in [3.63, 3.8) is 0 Å². The predicted octanol–water partition coefficient (Wildman–Crippen LogP) is 4.15. The van der Waals surface area contributed by atoms with Crippen molar-refractivity contribution < 1.29 is 4.79 Å². The second-order valence-corrected chi connectivity index (χ2v) is 7.28. The summed E-state index contributed by atoms with van der Waals surface area (Å²) >= 11 is 7.42. The molecule has 138 valence electrons. The Balaban J connectivity index is 1.64. The number of hydrogen-bond acceptors (Lipinski definition) is 6. The molecule has 0 spiro atoms. The maximum atomic E-state index is 12.4. The fourth-order valence-corrected chi connectivity index (χ4v) is 3.35. The van der Waals surface area contributed by atoms with Crippen molar-refractivity contribution in [1.29, 1.82) is 0 Å². The Hall–Kier alpha value is -2.77. The van der Waals surface area contributed by atoms with Crippen LogP contribution in [-0.4, -0.2) is 15.9 Å². The van der Waals surface area contributed by atoms with Gasteiger partial charge < -0.3 is 16.8 Å². The molecule has 1 aromatic heterocycles. The van der Waals surface area contributed by atoms with E-state index in [4.69, 9.17) is 23.1 Å². The molecule has 0 saturated heterocycles. The molecule has 3 aromatic rings. The molecule has 5 N–H and O–H groups in total. The van der Waals surface area contributed by atoms with E-state index in [1.165, 1.54) is 17.8 Å². The van der Waals surface area contributed by atoms with E-state index < -0.39 is 0 Å². The minimum Gasteiger partial charge on any atom is -0.383 e. The van der Waals surface area contributed by atoms with Gasteiger partial charge in [0.2, 0.25) is 0 Å². The van der Waals surface area contributed by atoms with E-state index in [0.717, 1.165) is 11.1 Å². The largest absolute Gasteiger partial charge is 0.383 e. The summed E-state index contributed by atoms with van der Waals surface area (Å²) in [5, 5.41) is 3.98. The standard InChI is InChI=1S/C19H18ClN5OS/c1-11-2-7-14(20)8-15(11)23-18(26)13-5-3-12(4-6-13)10-27-19-24-16(21)9-17(22)25-19/h2-9H,10H2,1H3,(H,23,26)(H4,21,22,24,25). The van der Waals surface area contributed by atoms with Gasteiger partial charge in [0.25, 0.3) is 5.91 Å². The Morgan fingerprint density at radius 2 is 1.74 bits per heavy atom. The monoisotopic (exact) mass is 399 g/mol. The molecule has 6 nitrogen and oxygen atoms in total. The lowest BCUT2D eigenvalue weighted by molar-refractivity contribution is 0.102. The van der Waals surface area contributed by atoms with Crippen LogP contribution in [0.25, 0.3) is 0 Å². The summed E-state index contributed by atoms with van der Waals surface area (Å²) in [5.41, 5.74) is 14.6.